The normalized spacial score (nSPS) is 20.1. The first-order valence-corrected chi connectivity index (χ1v) is 8.93. The summed E-state index contributed by atoms with van der Waals surface area (Å²) in [5.41, 5.74) is 1.48. The maximum absolute atomic E-state index is 12.5. The number of rotatable bonds is 3. The summed E-state index contributed by atoms with van der Waals surface area (Å²) in [5.74, 6) is 0.373. The summed E-state index contributed by atoms with van der Waals surface area (Å²) in [6, 6.07) is 5.68. The number of nitrogens with zero attached hydrogens (tertiary/aromatic N) is 3. The summed E-state index contributed by atoms with van der Waals surface area (Å²) >= 11 is 6.19. The molecule has 0 radical (unpaired) electrons. The maximum atomic E-state index is 12.5. The van der Waals surface area contributed by atoms with Crippen LogP contribution in [0, 0.1) is 5.92 Å². The number of carbonyl (C=O) groups is 1. The number of hydrogen-bond acceptors (Lipinski definition) is 4. The monoisotopic (exact) mass is 361 g/mol. The van der Waals surface area contributed by atoms with Gasteiger partial charge in [0, 0.05) is 31.3 Å². The summed E-state index contributed by atoms with van der Waals surface area (Å²) in [7, 11) is 0. The van der Waals surface area contributed by atoms with Gasteiger partial charge >= 0.3 is 0 Å². The fourth-order valence-corrected chi connectivity index (χ4v) is 3.67. The van der Waals surface area contributed by atoms with E-state index in [4.69, 9.17) is 21.1 Å². The van der Waals surface area contributed by atoms with Crippen LogP contribution in [0.3, 0.4) is 0 Å². The van der Waals surface area contributed by atoms with E-state index < -0.39 is 0 Å². The van der Waals surface area contributed by atoms with Crippen LogP contribution >= 0.6 is 11.6 Å². The molecule has 1 amide bonds. The highest BCUT2D eigenvalue weighted by molar-refractivity contribution is 6.31. The van der Waals surface area contributed by atoms with Gasteiger partial charge in [-0.1, -0.05) is 17.7 Å². The highest BCUT2D eigenvalue weighted by Gasteiger charge is 2.31. The van der Waals surface area contributed by atoms with Crippen LogP contribution in [0.2, 0.25) is 5.15 Å². The first kappa shape index (κ1) is 16.6. The minimum absolute atomic E-state index is 0.00587. The Balaban J connectivity index is 1.40. The van der Waals surface area contributed by atoms with Crippen molar-refractivity contribution in [2.75, 3.05) is 26.3 Å². The third-order valence-electron chi connectivity index (χ3n) is 4.79. The second kappa shape index (κ2) is 7.15. The van der Waals surface area contributed by atoms with Gasteiger partial charge in [0.2, 0.25) is 5.91 Å². The van der Waals surface area contributed by atoms with Gasteiger partial charge in [-0.15, -0.1) is 0 Å². The SMILES string of the molecule is O=C(/C=C/c1c(Cl)nc2ccccn12)N1CCC(C2OCCO2)CC1. The molecule has 0 unspecified atom stereocenters. The highest BCUT2D eigenvalue weighted by atomic mass is 35.5. The average molecular weight is 362 g/mol. The molecule has 0 aromatic carbocycles. The van der Waals surface area contributed by atoms with Gasteiger partial charge in [0.1, 0.15) is 5.65 Å². The fourth-order valence-electron chi connectivity index (χ4n) is 3.43. The van der Waals surface area contributed by atoms with Crippen LogP contribution in [-0.4, -0.2) is 52.8 Å². The van der Waals surface area contributed by atoms with Crippen molar-refractivity contribution in [3.63, 3.8) is 0 Å². The molecule has 2 aliphatic heterocycles. The Labute approximate surface area is 151 Å². The molecule has 2 saturated heterocycles. The van der Waals surface area contributed by atoms with E-state index >= 15 is 0 Å². The molecule has 0 N–H and O–H groups in total. The second-order valence-electron chi connectivity index (χ2n) is 6.32. The average Bonchev–Trinajstić information content (AvgIpc) is 3.27. The molecule has 0 saturated carbocycles. The van der Waals surface area contributed by atoms with Crippen molar-refractivity contribution in [2.45, 2.75) is 19.1 Å². The zero-order valence-electron chi connectivity index (χ0n) is 13.8. The number of aromatic nitrogens is 2. The Bertz CT molecular complexity index is 790. The fraction of sp³-hybridized carbons (Fsp3) is 0.444. The molecule has 0 bridgehead atoms. The van der Waals surface area contributed by atoms with Crippen LogP contribution in [0.1, 0.15) is 18.5 Å². The van der Waals surface area contributed by atoms with E-state index in [1.54, 1.807) is 12.2 Å². The third kappa shape index (κ3) is 3.42. The number of ether oxygens (including phenoxy) is 2. The van der Waals surface area contributed by atoms with E-state index in [1.807, 2.05) is 33.7 Å². The van der Waals surface area contributed by atoms with Crippen molar-refractivity contribution < 1.29 is 14.3 Å². The van der Waals surface area contributed by atoms with E-state index in [-0.39, 0.29) is 12.2 Å². The van der Waals surface area contributed by atoms with Gasteiger partial charge in [-0.25, -0.2) is 4.98 Å². The first-order chi connectivity index (χ1) is 12.2. The van der Waals surface area contributed by atoms with Gasteiger partial charge in [-0.2, -0.15) is 0 Å². The zero-order chi connectivity index (χ0) is 17.2. The Kier molecular flexibility index (Phi) is 4.74. The van der Waals surface area contributed by atoms with Crippen LogP contribution in [0.25, 0.3) is 11.7 Å². The summed E-state index contributed by atoms with van der Waals surface area (Å²) in [6.45, 7) is 2.79. The Hall–Kier alpha value is -1.89. The number of pyridine rings is 1. The molecule has 132 valence electrons. The van der Waals surface area contributed by atoms with Crippen LogP contribution in [-0.2, 0) is 14.3 Å². The van der Waals surface area contributed by atoms with Crippen LogP contribution in [0.4, 0.5) is 0 Å². The number of halogens is 1. The number of hydrogen-bond donors (Lipinski definition) is 0. The molecule has 4 heterocycles. The van der Waals surface area contributed by atoms with E-state index in [0.717, 1.165) is 31.6 Å². The van der Waals surface area contributed by atoms with E-state index in [2.05, 4.69) is 4.98 Å². The lowest BCUT2D eigenvalue weighted by molar-refractivity contribution is -0.131. The van der Waals surface area contributed by atoms with Crippen LogP contribution < -0.4 is 0 Å². The Morgan fingerprint density at radius 1 is 1.24 bits per heavy atom. The lowest BCUT2D eigenvalue weighted by Crippen LogP contribution is -2.40. The number of amides is 1. The van der Waals surface area contributed by atoms with E-state index in [0.29, 0.717) is 30.0 Å². The molecule has 0 aliphatic carbocycles. The van der Waals surface area contributed by atoms with Crippen molar-refractivity contribution in [1.82, 2.24) is 14.3 Å². The van der Waals surface area contributed by atoms with Gasteiger partial charge < -0.3 is 14.4 Å². The quantitative estimate of drug-likeness (QED) is 0.788. The number of fused-ring (bicyclic) bond motifs is 1. The smallest absolute Gasteiger partial charge is 0.246 e. The molecule has 7 heteroatoms. The van der Waals surface area contributed by atoms with Crippen LogP contribution in [0.15, 0.2) is 30.5 Å². The number of piperidine rings is 1. The lowest BCUT2D eigenvalue weighted by Gasteiger charge is -2.33. The lowest BCUT2D eigenvalue weighted by atomic mass is 9.96. The predicted octanol–water partition coefficient (Wildman–Crippen LogP) is 2.61. The molecule has 2 fully saturated rings. The highest BCUT2D eigenvalue weighted by Crippen LogP contribution is 2.26. The standard InChI is InChI=1S/C18H20ClN3O3/c19-17-14(22-8-2-1-3-15(22)20-17)4-5-16(23)21-9-6-13(7-10-21)18-24-11-12-25-18/h1-5,8,13,18H,6-7,9-12H2/b5-4+. The number of imidazole rings is 1. The zero-order valence-corrected chi connectivity index (χ0v) is 14.6. The van der Waals surface area contributed by atoms with Gasteiger partial charge in [0.25, 0.3) is 0 Å². The van der Waals surface area contributed by atoms with Crippen LogP contribution in [0.5, 0.6) is 0 Å². The minimum atomic E-state index is -0.0928. The van der Waals surface area contributed by atoms with Crippen molar-refractivity contribution in [1.29, 1.82) is 0 Å². The minimum Gasteiger partial charge on any atom is -0.350 e. The van der Waals surface area contributed by atoms with Gasteiger partial charge in [-0.05, 0) is 31.1 Å². The Morgan fingerprint density at radius 2 is 2.00 bits per heavy atom. The summed E-state index contributed by atoms with van der Waals surface area (Å²) in [5, 5.41) is 0.393. The molecule has 25 heavy (non-hydrogen) atoms. The topological polar surface area (TPSA) is 56.1 Å². The molecule has 0 spiro atoms. The number of carbonyl (C=O) groups excluding carboxylic acids is 1. The second-order valence-corrected chi connectivity index (χ2v) is 6.68. The molecule has 2 aromatic rings. The van der Waals surface area contributed by atoms with Gasteiger partial charge in [0.15, 0.2) is 11.4 Å². The van der Waals surface area contributed by atoms with E-state index in [9.17, 15) is 4.79 Å². The molecule has 0 atom stereocenters. The summed E-state index contributed by atoms with van der Waals surface area (Å²) < 4.78 is 13.0. The largest absolute Gasteiger partial charge is 0.350 e. The molecular formula is C18H20ClN3O3. The molecule has 6 nitrogen and oxygen atoms in total. The summed E-state index contributed by atoms with van der Waals surface area (Å²) in [6.07, 6.45) is 6.91. The van der Waals surface area contributed by atoms with Crippen molar-refractivity contribution in [3.05, 3.63) is 41.3 Å². The van der Waals surface area contributed by atoms with Gasteiger partial charge in [-0.3, -0.25) is 9.20 Å². The van der Waals surface area contributed by atoms with Gasteiger partial charge in [0.05, 0.1) is 18.9 Å². The van der Waals surface area contributed by atoms with Crippen molar-refractivity contribution in [2.24, 2.45) is 5.92 Å². The number of likely N-dealkylation sites (tertiary alicyclic amines) is 1. The predicted molar refractivity (Wildman–Crippen MR) is 94.2 cm³/mol. The van der Waals surface area contributed by atoms with Crippen molar-refractivity contribution >= 4 is 29.2 Å². The van der Waals surface area contributed by atoms with E-state index in [1.165, 1.54) is 0 Å². The summed E-state index contributed by atoms with van der Waals surface area (Å²) in [4.78, 5) is 18.6. The molecule has 2 aromatic heterocycles. The first-order valence-electron chi connectivity index (χ1n) is 8.55. The third-order valence-corrected chi connectivity index (χ3v) is 5.07. The van der Waals surface area contributed by atoms with Crippen molar-refractivity contribution in [3.8, 4) is 0 Å². The molecule has 2 aliphatic rings. The molecular weight excluding hydrogens is 342 g/mol. The maximum Gasteiger partial charge on any atom is 0.246 e. The Morgan fingerprint density at radius 3 is 2.76 bits per heavy atom. The molecule has 4 rings (SSSR count).